The Morgan fingerprint density at radius 1 is 1.21 bits per heavy atom. The van der Waals surface area contributed by atoms with Crippen LogP contribution in [0.5, 0.6) is 0 Å². The minimum atomic E-state index is -1.09. The lowest BCUT2D eigenvalue weighted by atomic mass is 9.73. The van der Waals surface area contributed by atoms with Gasteiger partial charge in [0.05, 0.1) is 6.54 Å². The maximum atomic E-state index is 13.9. The molecule has 4 rings (SSSR count). The number of urea groups is 1. The van der Waals surface area contributed by atoms with Gasteiger partial charge in [-0.3, -0.25) is 14.7 Å². The molecule has 2 fully saturated rings. The molecule has 6 nitrogen and oxygen atoms in total. The lowest BCUT2D eigenvalue weighted by Gasteiger charge is -2.42. The predicted octanol–water partition coefficient (Wildman–Crippen LogP) is 3.42. The van der Waals surface area contributed by atoms with Crippen molar-refractivity contribution in [1.29, 1.82) is 0 Å². The molecular weight excluding hydrogens is 431 g/mol. The first-order valence-corrected chi connectivity index (χ1v) is 11.8. The van der Waals surface area contributed by atoms with Crippen LogP contribution in [0.25, 0.3) is 0 Å². The van der Waals surface area contributed by atoms with Crippen LogP contribution in [0.15, 0.2) is 48.7 Å². The van der Waals surface area contributed by atoms with Crippen LogP contribution in [0.4, 0.5) is 9.18 Å². The third kappa shape index (κ3) is 4.97. The minimum Gasteiger partial charge on any atom is -0.322 e. The Labute approximate surface area is 200 Å². The molecular formula is C27H31FN4O2. The van der Waals surface area contributed by atoms with Gasteiger partial charge in [0.25, 0.3) is 5.91 Å². The largest absolute Gasteiger partial charge is 0.325 e. The van der Waals surface area contributed by atoms with Gasteiger partial charge in [-0.1, -0.05) is 24.1 Å². The number of likely N-dealkylation sites (tertiary alicyclic amines) is 1. The minimum absolute atomic E-state index is 0.0508. The molecule has 1 aromatic heterocycles. The molecule has 0 radical (unpaired) electrons. The average Bonchev–Trinajstić information content (AvgIpc) is 3.08. The molecule has 2 aromatic rings. The summed E-state index contributed by atoms with van der Waals surface area (Å²) in [5, 5.41) is 3.02. The van der Waals surface area contributed by atoms with E-state index in [0.717, 1.165) is 38.0 Å². The number of hydrogen-bond donors (Lipinski definition) is 1. The summed E-state index contributed by atoms with van der Waals surface area (Å²) in [6.07, 6.45) is 4.47. The van der Waals surface area contributed by atoms with E-state index in [1.54, 1.807) is 13.0 Å². The van der Waals surface area contributed by atoms with Gasteiger partial charge in [-0.05, 0) is 75.5 Å². The molecule has 2 aliphatic rings. The third-order valence-electron chi connectivity index (χ3n) is 7.07. The highest BCUT2D eigenvalue weighted by atomic mass is 19.1. The Kier molecular flexibility index (Phi) is 7.28. The number of amides is 3. The summed E-state index contributed by atoms with van der Waals surface area (Å²) in [5.41, 5.74) is 0.671. The van der Waals surface area contributed by atoms with Gasteiger partial charge in [0, 0.05) is 30.8 Å². The van der Waals surface area contributed by atoms with Crippen molar-refractivity contribution in [2.75, 3.05) is 19.6 Å². The Bertz CT molecular complexity index is 1090. The molecule has 1 aromatic carbocycles. The first kappa shape index (κ1) is 23.9. The van der Waals surface area contributed by atoms with Crippen molar-refractivity contribution in [2.24, 2.45) is 5.92 Å². The van der Waals surface area contributed by atoms with Gasteiger partial charge in [-0.2, -0.15) is 0 Å². The van der Waals surface area contributed by atoms with Gasteiger partial charge < -0.3 is 10.2 Å². The van der Waals surface area contributed by atoms with Crippen molar-refractivity contribution in [3.63, 3.8) is 0 Å². The zero-order valence-corrected chi connectivity index (χ0v) is 19.8. The molecule has 178 valence electrons. The fraction of sp³-hybridized carbons (Fsp3) is 0.444. The number of rotatable bonds is 7. The van der Waals surface area contributed by atoms with E-state index in [1.807, 2.05) is 30.5 Å². The summed E-state index contributed by atoms with van der Waals surface area (Å²) < 4.78 is 13.9. The second-order valence-electron chi connectivity index (χ2n) is 9.21. The van der Waals surface area contributed by atoms with Gasteiger partial charge in [0.2, 0.25) is 0 Å². The zero-order chi connectivity index (χ0) is 24.1. The van der Waals surface area contributed by atoms with Crippen molar-refractivity contribution in [1.82, 2.24) is 20.1 Å². The predicted molar refractivity (Wildman–Crippen MR) is 128 cm³/mol. The molecule has 7 heteroatoms. The number of nitrogens with zero attached hydrogens (tertiary/aromatic N) is 3. The molecule has 1 N–H and O–H groups in total. The van der Waals surface area contributed by atoms with E-state index in [2.05, 4.69) is 34.0 Å². The SMILES string of the molecule is CC#CCN1C(=O)N[C@@](Cc2cccc(F)c2)(C2CCN([C@@H](C)Cc3ccccn3)CC2)C1=O. The highest BCUT2D eigenvalue weighted by Crippen LogP contribution is 2.37. The first-order chi connectivity index (χ1) is 16.4. The fourth-order valence-corrected chi connectivity index (χ4v) is 5.24. The van der Waals surface area contributed by atoms with Gasteiger partial charge in [-0.25, -0.2) is 9.18 Å². The van der Waals surface area contributed by atoms with Gasteiger partial charge in [0.1, 0.15) is 11.4 Å². The smallest absolute Gasteiger partial charge is 0.322 e. The van der Waals surface area contributed by atoms with Crippen molar-refractivity contribution < 1.29 is 14.0 Å². The van der Waals surface area contributed by atoms with E-state index in [4.69, 9.17) is 0 Å². The topological polar surface area (TPSA) is 65.5 Å². The maximum Gasteiger partial charge on any atom is 0.325 e. The third-order valence-corrected chi connectivity index (χ3v) is 7.07. The van der Waals surface area contributed by atoms with Crippen LogP contribution < -0.4 is 5.32 Å². The summed E-state index contributed by atoms with van der Waals surface area (Å²) in [6, 6.07) is 12.1. The first-order valence-electron chi connectivity index (χ1n) is 11.8. The van der Waals surface area contributed by atoms with Crippen LogP contribution in [-0.2, 0) is 17.6 Å². The van der Waals surface area contributed by atoms with Gasteiger partial charge in [0.15, 0.2) is 0 Å². The van der Waals surface area contributed by atoms with Crippen LogP contribution >= 0.6 is 0 Å². The number of piperidine rings is 1. The lowest BCUT2D eigenvalue weighted by molar-refractivity contribution is -0.133. The van der Waals surface area contributed by atoms with E-state index >= 15 is 0 Å². The monoisotopic (exact) mass is 462 g/mol. The van der Waals surface area contributed by atoms with Crippen molar-refractivity contribution in [3.8, 4) is 11.8 Å². The number of carbonyl (C=O) groups excluding carboxylic acids is 2. The molecule has 0 aliphatic carbocycles. The zero-order valence-electron chi connectivity index (χ0n) is 19.8. The van der Waals surface area contributed by atoms with Crippen LogP contribution in [0.2, 0.25) is 0 Å². The molecule has 3 amide bonds. The van der Waals surface area contributed by atoms with Crippen molar-refractivity contribution >= 4 is 11.9 Å². The molecule has 0 bridgehead atoms. The van der Waals surface area contributed by atoms with Crippen LogP contribution in [-0.4, -0.2) is 57.9 Å². The molecule has 3 heterocycles. The van der Waals surface area contributed by atoms with Gasteiger partial charge in [-0.15, -0.1) is 5.92 Å². The van der Waals surface area contributed by atoms with Crippen molar-refractivity contribution in [3.05, 3.63) is 65.7 Å². The molecule has 34 heavy (non-hydrogen) atoms. The Balaban J connectivity index is 1.52. The lowest BCUT2D eigenvalue weighted by Crippen LogP contribution is -2.58. The number of aromatic nitrogens is 1. The van der Waals surface area contributed by atoms with Crippen molar-refractivity contribution in [2.45, 2.75) is 51.1 Å². The molecule has 0 unspecified atom stereocenters. The van der Waals surface area contributed by atoms with E-state index in [9.17, 15) is 14.0 Å². The Morgan fingerprint density at radius 2 is 2.00 bits per heavy atom. The van der Waals surface area contributed by atoms with Gasteiger partial charge >= 0.3 is 6.03 Å². The Hall–Kier alpha value is -3.24. The molecule has 0 spiro atoms. The number of halogens is 1. The number of imide groups is 1. The highest BCUT2D eigenvalue weighted by molar-refractivity contribution is 6.07. The summed E-state index contributed by atoms with van der Waals surface area (Å²) in [5.74, 6) is 4.92. The van der Waals surface area contributed by atoms with E-state index in [0.29, 0.717) is 11.6 Å². The molecule has 2 atom stereocenters. The summed E-state index contributed by atoms with van der Waals surface area (Å²) in [6.45, 7) is 5.58. The fourth-order valence-electron chi connectivity index (χ4n) is 5.24. The number of nitrogens with one attached hydrogen (secondary N) is 1. The molecule has 0 saturated carbocycles. The van der Waals surface area contributed by atoms with E-state index in [-0.39, 0.29) is 30.6 Å². The quantitative estimate of drug-likeness (QED) is 0.506. The number of pyridine rings is 1. The summed E-state index contributed by atoms with van der Waals surface area (Å²) in [7, 11) is 0. The summed E-state index contributed by atoms with van der Waals surface area (Å²) in [4.78, 5) is 34.5. The van der Waals surface area contributed by atoms with Crippen LogP contribution in [0.1, 0.15) is 37.9 Å². The highest BCUT2D eigenvalue weighted by Gasteiger charge is 2.55. The maximum absolute atomic E-state index is 13.9. The number of hydrogen-bond acceptors (Lipinski definition) is 4. The molecule has 2 saturated heterocycles. The summed E-state index contributed by atoms with van der Waals surface area (Å²) >= 11 is 0. The standard InChI is InChI=1S/C27H31FN4O2/c1-3-4-14-32-25(33)27(30-26(32)34,19-21-8-7-9-23(28)18-21)22-11-15-31(16-12-22)20(2)17-24-10-5-6-13-29-24/h5-10,13,18,20,22H,11-12,14-17,19H2,1-2H3,(H,30,34)/t20-,27-/m0/s1. The van der Waals surface area contributed by atoms with E-state index < -0.39 is 11.6 Å². The average molecular weight is 463 g/mol. The van der Waals surface area contributed by atoms with Crippen LogP contribution in [0.3, 0.4) is 0 Å². The molecule has 2 aliphatic heterocycles. The number of benzene rings is 1. The Morgan fingerprint density at radius 3 is 2.68 bits per heavy atom. The second kappa shape index (κ2) is 10.4. The van der Waals surface area contributed by atoms with Crippen LogP contribution in [0, 0.1) is 23.6 Å². The van der Waals surface area contributed by atoms with E-state index in [1.165, 1.54) is 17.0 Å². The number of carbonyl (C=O) groups is 2. The second-order valence-corrected chi connectivity index (χ2v) is 9.21. The normalized spacial score (nSPS) is 22.3.